The molecule has 3 rings (SSSR count). The molecule has 2 unspecified atom stereocenters. The van der Waals surface area contributed by atoms with Crippen LogP contribution in [-0.4, -0.2) is 34.1 Å². The highest BCUT2D eigenvalue weighted by atomic mass is 31.2. The quantitative estimate of drug-likeness (QED) is 0.431. The number of aryl methyl sites for hydroxylation is 3. The van der Waals surface area contributed by atoms with Crippen LogP contribution in [0.25, 0.3) is 0 Å². The second kappa shape index (κ2) is 9.58. The summed E-state index contributed by atoms with van der Waals surface area (Å²) < 4.78 is 15.1. The van der Waals surface area contributed by atoms with Gasteiger partial charge in [-0.25, -0.2) is 0 Å². The molecule has 0 bridgehead atoms. The van der Waals surface area contributed by atoms with Crippen LogP contribution in [0.1, 0.15) is 74.0 Å². The van der Waals surface area contributed by atoms with E-state index in [0.29, 0.717) is 23.7 Å². The number of amides is 1. The molecule has 0 N–H and O–H groups in total. The molecule has 1 aliphatic rings. The Morgan fingerprint density at radius 1 is 1.06 bits per heavy atom. The van der Waals surface area contributed by atoms with E-state index in [4.69, 9.17) is 0 Å². The summed E-state index contributed by atoms with van der Waals surface area (Å²) in [5.41, 5.74) is 3.10. The number of hydrogen-bond donors (Lipinski definition) is 0. The van der Waals surface area contributed by atoms with Gasteiger partial charge in [0.05, 0.1) is 0 Å². The fourth-order valence-corrected chi connectivity index (χ4v) is 8.61. The monoisotopic (exact) mass is 467 g/mol. The Balaban J connectivity index is 2.15. The second-order valence-electron chi connectivity index (χ2n) is 10.5. The molecule has 4 nitrogen and oxygen atoms in total. The lowest BCUT2D eigenvalue weighted by molar-refractivity contribution is -0.130. The number of rotatable bonds is 8. The van der Waals surface area contributed by atoms with E-state index in [2.05, 4.69) is 13.8 Å². The molecule has 1 fully saturated rings. The first-order valence-electron chi connectivity index (χ1n) is 12.0. The van der Waals surface area contributed by atoms with Crippen LogP contribution in [0.2, 0.25) is 0 Å². The molecule has 2 aromatic carbocycles. The van der Waals surface area contributed by atoms with Crippen LogP contribution in [0.3, 0.4) is 0 Å². The number of likely N-dealkylation sites (tertiary alicyclic amines) is 1. The minimum atomic E-state index is -3.59. The van der Waals surface area contributed by atoms with Gasteiger partial charge in [0, 0.05) is 35.0 Å². The molecule has 0 saturated carbocycles. The van der Waals surface area contributed by atoms with Crippen LogP contribution in [0.4, 0.5) is 0 Å². The SMILES string of the molecule is Cc1cc(C)c(C(=O)P(=O)(c2ccccc2)C(C)(C)CC(C(C)C)N2CCCC2=O)c(C)c1. The van der Waals surface area contributed by atoms with E-state index in [1.165, 1.54) is 0 Å². The highest BCUT2D eigenvalue weighted by Gasteiger charge is 2.50. The van der Waals surface area contributed by atoms with Crippen molar-refractivity contribution in [3.05, 3.63) is 64.7 Å². The average Bonchev–Trinajstić information content (AvgIpc) is 3.16. The van der Waals surface area contributed by atoms with Crippen molar-refractivity contribution >= 4 is 23.9 Å². The Kier molecular flexibility index (Phi) is 7.39. The smallest absolute Gasteiger partial charge is 0.226 e. The number of benzene rings is 2. The maximum atomic E-state index is 15.1. The normalized spacial score (nSPS) is 17.3. The van der Waals surface area contributed by atoms with Crippen LogP contribution in [0.15, 0.2) is 42.5 Å². The molecule has 1 amide bonds. The predicted molar refractivity (Wildman–Crippen MR) is 137 cm³/mol. The number of nitrogens with zero attached hydrogens (tertiary/aromatic N) is 1. The van der Waals surface area contributed by atoms with Crippen molar-refractivity contribution in [1.82, 2.24) is 4.90 Å². The van der Waals surface area contributed by atoms with E-state index in [1.54, 1.807) is 0 Å². The van der Waals surface area contributed by atoms with Crippen molar-refractivity contribution in [3.8, 4) is 0 Å². The third-order valence-corrected chi connectivity index (χ3v) is 10.8. The first kappa shape index (κ1) is 25.4. The molecule has 2 aromatic rings. The van der Waals surface area contributed by atoms with Crippen molar-refractivity contribution in [2.45, 2.75) is 78.9 Å². The van der Waals surface area contributed by atoms with Gasteiger partial charge in [-0.1, -0.05) is 75.7 Å². The van der Waals surface area contributed by atoms with E-state index in [9.17, 15) is 9.59 Å². The van der Waals surface area contributed by atoms with Gasteiger partial charge < -0.3 is 9.46 Å². The van der Waals surface area contributed by atoms with E-state index < -0.39 is 12.3 Å². The largest absolute Gasteiger partial charge is 0.339 e. The van der Waals surface area contributed by atoms with Crippen molar-refractivity contribution in [1.29, 1.82) is 0 Å². The van der Waals surface area contributed by atoms with Crippen molar-refractivity contribution in [2.24, 2.45) is 5.92 Å². The molecule has 1 heterocycles. The molecular weight excluding hydrogens is 429 g/mol. The van der Waals surface area contributed by atoms with Gasteiger partial charge in [0.1, 0.15) is 0 Å². The number of hydrogen-bond acceptors (Lipinski definition) is 3. The molecule has 0 aromatic heterocycles. The zero-order chi connectivity index (χ0) is 24.6. The summed E-state index contributed by atoms with van der Waals surface area (Å²) >= 11 is 0. The standard InChI is InChI=1S/C28H38NO3P/c1-19(2)24(29-15-11-14-25(29)30)18-28(6,7)33(32,23-12-9-8-10-13-23)27(31)26-21(4)16-20(3)17-22(26)5/h8-10,12-13,16-17,19,24H,11,14-15,18H2,1-7H3. The highest BCUT2D eigenvalue weighted by Crippen LogP contribution is 2.62. The van der Waals surface area contributed by atoms with Gasteiger partial charge in [0.15, 0.2) is 7.14 Å². The molecule has 1 aliphatic heterocycles. The Morgan fingerprint density at radius 3 is 2.12 bits per heavy atom. The van der Waals surface area contributed by atoms with Crippen LogP contribution >= 0.6 is 7.14 Å². The maximum Gasteiger partial charge on any atom is 0.226 e. The van der Waals surface area contributed by atoms with E-state index in [1.807, 2.05) is 82.0 Å². The Bertz CT molecular complexity index is 1060. The lowest BCUT2D eigenvalue weighted by Gasteiger charge is -2.41. The third kappa shape index (κ3) is 4.73. The zero-order valence-electron chi connectivity index (χ0n) is 21.1. The van der Waals surface area contributed by atoms with E-state index in [0.717, 1.165) is 29.7 Å². The summed E-state index contributed by atoms with van der Waals surface area (Å²) in [6, 6.07) is 13.2. The Labute approximate surface area is 199 Å². The first-order chi connectivity index (χ1) is 15.4. The van der Waals surface area contributed by atoms with Crippen molar-refractivity contribution < 1.29 is 14.2 Å². The van der Waals surface area contributed by atoms with Crippen LogP contribution in [0, 0.1) is 26.7 Å². The lowest BCUT2D eigenvalue weighted by Crippen LogP contribution is -2.45. The molecule has 0 aliphatic carbocycles. The number of carbonyl (C=O) groups excluding carboxylic acids is 2. The summed E-state index contributed by atoms with van der Waals surface area (Å²) in [5.74, 6) is 0.365. The summed E-state index contributed by atoms with van der Waals surface area (Å²) in [5, 5.41) is -0.234. The van der Waals surface area contributed by atoms with Gasteiger partial charge in [0.2, 0.25) is 11.4 Å². The molecule has 0 spiro atoms. The fourth-order valence-electron chi connectivity index (χ4n) is 5.42. The van der Waals surface area contributed by atoms with E-state index in [-0.39, 0.29) is 23.4 Å². The van der Waals surface area contributed by atoms with Crippen LogP contribution < -0.4 is 5.30 Å². The zero-order valence-corrected chi connectivity index (χ0v) is 22.0. The van der Waals surface area contributed by atoms with E-state index >= 15 is 4.57 Å². The topological polar surface area (TPSA) is 54.5 Å². The van der Waals surface area contributed by atoms with Crippen LogP contribution in [0.5, 0.6) is 0 Å². The van der Waals surface area contributed by atoms with Crippen molar-refractivity contribution in [3.63, 3.8) is 0 Å². The summed E-state index contributed by atoms with van der Waals surface area (Å²) in [6.07, 6.45) is 1.94. The first-order valence-corrected chi connectivity index (χ1v) is 13.7. The molecule has 1 saturated heterocycles. The predicted octanol–water partition coefficient (Wildman–Crippen LogP) is 6.26. The molecule has 33 heavy (non-hydrogen) atoms. The molecule has 5 heteroatoms. The Morgan fingerprint density at radius 2 is 1.64 bits per heavy atom. The summed E-state index contributed by atoms with van der Waals surface area (Å²) in [4.78, 5) is 28.8. The molecule has 0 radical (unpaired) electrons. The summed E-state index contributed by atoms with van der Waals surface area (Å²) in [6.45, 7) is 14.7. The van der Waals surface area contributed by atoms with Gasteiger partial charge in [-0.05, 0) is 50.7 Å². The maximum absolute atomic E-state index is 15.1. The minimum Gasteiger partial charge on any atom is -0.339 e. The molecule has 2 atom stereocenters. The van der Waals surface area contributed by atoms with Gasteiger partial charge >= 0.3 is 0 Å². The van der Waals surface area contributed by atoms with Gasteiger partial charge in [-0.15, -0.1) is 0 Å². The second-order valence-corrected chi connectivity index (χ2v) is 13.9. The fraction of sp³-hybridized carbons (Fsp3) is 0.500. The minimum absolute atomic E-state index is 0.0555. The highest BCUT2D eigenvalue weighted by molar-refractivity contribution is 7.88. The van der Waals surface area contributed by atoms with Gasteiger partial charge in [-0.3, -0.25) is 9.59 Å². The summed E-state index contributed by atoms with van der Waals surface area (Å²) in [7, 11) is -3.59. The van der Waals surface area contributed by atoms with Gasteiger partial charge in [0.25, 0.3) is 0 Å². The van der Waals surface area contributed by atoms with Crippen LogP contribution in [-0.2, 0) is 9.36 Å². The average molecular weight is 468 g/mol. The Hall–Kier alpha value is -2.19. The molecule has 178 valence electrons. The third-order valence-electron chi connectivity index (χ3n) is 7.14. The van der Waals surface area contributed by atoms with Crippen molar-refractivity contribution in [2.75, 3.05) is 6.54 Å². The lowest BCUT2D eigenvalue weighted by atomic mass is 9.92. The molecular formula is C28H38NO3P. The van der Waals surface area contributed by atoms with Gasteiger partial charge in [-0.2, -0.15) is 0 Å². The number of carbonyl (C=O) groups is 2.